The van der Waals surface area contributed by atoms with E-state index in [1.165, 1.54) is 31.2 Å². The molecule has 0 fully saturated rings. The van der Waals surface area contributed by atoms with Crippen LogP contribution >= 0.6 is 0 Å². The molecular weight excluding hydrogens is 340 g/mol. The molecule has 2 aromatic carbocycles. The Hall–Kier alpha value is -3.42. The summed E-state index contributed by atoms with van der Waals surface area (Å²) in [6, 6.07) is 12.1. The number of nitrogens with zero attached hydrogens (tertiary/aromatic N) is 1. The lowest BCUT2D eigenvalue weighted by molar-refractivity contribution is -0.385. The van der Waals surface area contributed by atoms with E-state index in [9.17, 15) is 19.7 Å². The van der Waals surface area contributed by atoms with Crippen LogP contribution in [0, 0.1) is 10.1 Å². The van der Waals surface area contributed by atoms with Crippen LogP contribution in [0.1, 0.15) is 24.2 Å². The van der Waals surface area contributed by atoms with Crippen molar-refractivity contribution < 1.29 is 24.0 Å². The minimum atomic E-state index is -1.13. The van der Waals surface area contributed by atoms with Gasteiger partial charge in [0.2, 0.25) is 0 Å². The maximum absolute atomic E-state index is 12.2. The second-order valence-corrected chi connectivity index (χ2v) is 5.27. The summed E-state index contributed by atoms with van der Waals surface area (Å²) in [6.45, 7) is 3.78. The first-order valence-electron chi connectivity index (χ1n) is 7.90. The number of carbonyl (C=O) groups excluding carboxylic acids is 2. The molecule has 0 radical (unpaired) electrons. The van der Waals surface area contributed by atoms with Gasteiger partial charge >= 0.3 is 5.97 Å². The van der Waals surface area contributed by atoms with Crippen molar-refractivity contribution in [1.29, 1.82) is 0 Å². The van der Waals surface area contributed by atoms with Crippen molar-refractivity contribution >= 4 is 23.3 Å². The lowest BCUT2D eigenvalue weighted by Crippen LogP contribution is -2.30. The third-order valence-electron chi connectivity index (χ3n) is 3.41. The van der Waals surface area contributed by atoms with Crippen LogP contribution in [0.2, 0.25) is 0 Å². The molecule has 0 aliphatic carbocycles. The molecule has 8 nitrogen and oxygen atoms in total. The van der Waals surface area contributed by atoms with Gasteiger partial charge in [-0.25, -0.2) is 4.79 Å². The molecule has 0 spiro atoms. The van der Waals surface area contributed by atoms with E-state index in [1.54, 1.807) is 24.3 Å². The van der Waals surface area contributed by atoms with Crippen molar-refractivity contribution in [2.45, 2.75) is 20.0 Å². The zero-order chi connectivity index (χ0) is 19.1. The van der Waals surface area contributed by atoms with E-state index in [1.807, 2.05) is 6.92 Å². The minimum Gasteiger partial charge on any atom is -0.494 e. The molecular formula is C18H18N2O6. The number of hydrogen-bond donors (Lipinski definition) is 1. The summed E-state index contributed by atoms with van der Waals surface area (Å²) in [6.07, 6.45) is -1.13. The number of esters is 1. The number of ether oxygens (including phenoxy) is 2. The maximum Gasteiger partial charge on any atom is 0.345 e. The van der Waals surface area contributed by atoms with Crippen LogP contribution in [0.5, 0.6) is 5.75 Å². The van der Waals surface area contributed by atoms with Crippen molar-refractivity contribution in [3.63, 3.8) is 0 Å². The third kappa shape index (κ3) is 4.79. The Bertz CT molecular complexity index is 804. The van der Waals surface area contributed by atoms with Gasteiger partial charge < -0.3 is 14.8 Å². The molecule has 0 saturated heterocycles. The summed E-state index contributed by atoms with van der Waals surface area (Å²) in [5.74, 6) is -0.825. The van der Waals surface area contributed by atoms with Crippen molar-refractivity contribution in [3.8, 4) is 5.75 Å². The predicted octanol–water partition coefficient (Wildman–Crippen LogP) is 3.18. The minimum absolute atomic E-state index is 0.210. The lowest BCUT2D eigenvalue weighted by Gasteiger charge is -2.14. The number of benzene rings is 2. The largest absolute Gasteiger partial charge is 0.494 e. The average Bonchev–Trinajstić information content (AvgIpc) is 2.63. The van der Waals surface area contributed by atoms with Gasteiger partial charge in [-0.3, -0.25) is 14.9 Å². The Kier molecular flexibility index (Phi) is 6.26. The van der Waals surface area contributed by atoms with E-state index < -0.39 is 22.9 Å². The Balaban J connectivity index is 2.00. The van der Waals surface area contributed by atoms with Crippen molar-refractivity contribution in [1.82, 2.24) is 0 Å². The molecule has 2 aromatic rings. The highest BCUT2D eigenvalue weighted by Crippen LogP contribution is 2.20. The van der Waals surface area contributed by atoms with Crippen LogP contribution in [-0.4, -0.2) is 29.5 Å². The SMILES string of the molecule is CCOc1ccc(NC(=O)[C@H](C)OC(=O)c2ccccc2[N+](=O)[O-])cc1. The molecule has 0 aromatic heterocycles. The number of anilines is 1. The van der Waals surface area contributed by atoms with Crippen molar-refractivity contribution in [2.24, 2.45) is 0 Å². The number of amides is 1. The number of hydrogen-bond acceptors (Lipinski definition) is 6. The summed E-state index contributed by atoms with van der Waals surface area (Å²) in [7, 11) is 0. The van der Waals surface area contributed by atoms with Gasteiger partial charge in [0.25, 0.3) is 11.6 Å². The van der Waals surface area contributed by atoms with E-state index >= 15 is 0 Å². The van der Waals surface area contributed by atoms with Crippen LogP contribution in [0.25, 0.3) is 0 Å². The van der Waals surface area contributed by atoms with Crippen LogP contribution in [0.3, 0.4) is 0 Å². The molecule has 0 aliphatic heterocycles. The second-order valence-electron chi connectivity index (χ2n) is 5.27. The first-order chi connectivity index (χ1) is 12.4. The standard InChI is InChI=1S/C18H18N2O6/c1-3-25-14-10-8-13(9-11-14)19-17(21)12(2)26-18(22)15-6-4-5-7-16(15)20(23)24/h4-12H,3H2,1-2H3,(H,19,21)/t12-/m0/s1. The lowest BCUT2D eigenvalue weighted by atomic mass is 10.2. The van der Waals surface area contributed by atoms with Gasteiger partial charge in [0.15, 0.2) is 6.10 Å². The topological polar surface area (TPSA) is 108 Å². The molecule has 0 aliphatic rings. The smallest absolute Gasteiger partial charge is 0.345 e. The fraction of sp³-hybridized carbons (Fsp3) is 0.222. The van der Waals surface area contributed by atoms with E-state index in [0.29, 0.717) is 18.0 Å². The van der Waals surface area contributed by atoms with Gasteiger partial charge in [0.05, 0.1) is 11.5 Å². The molecule has 0 saturated carbocycles. The average molecular weight is 358 g/mol. The summed E-state index contributed by atoms with van der Waals surface area (Å²) in [5.41, 5.74) is -0.0816. The van der Waals surface area contributed by atoms with Gasteiger partial charge in [0, 0.05) is 11.8 Å². The third-order valence-corrected chi connectivity index (χ3v) is 3.41. The van der Waals surface area contributed by atoms with Gasteiger partial charge in [0.1, 0.15) is 11.3 Å². The summed E-state index contributed by atoms with van der Waals surface area (Å²) in [4.78, 5) is 34.6. The highest BCUT2D eigenvalue weighted by atomic mass is 16.6. The van der Waals surface area contributed by atoms with Crippen LogP contribution in [-0.2, 0) is 9.53 Å². The fourth-order valence-electron chi connectivity index (χ4n) is 2.13. The van der Waals surface area contributed by atoms with Gasteiger partial charge in [-0.2, -0.15) is 0 Å². The zero-order valence-corrected chi connectivity index (χ0v) is 14.3. The molecule has 0 heterocycles. The second kappa shape index (κ2) is 8.61. The van der Waals surface area contributed by atoms with Crippen LogP contribution < -0.4 is 10.1 Å². The van der Waals surface area contributed by atoms with Gasteiger partial charge in [-0.1, -0.05) is 12.1 Å². The maximum atomic E-state index is 12.2. The van der Waals surface area contributed by atoms with E-state index in [-0.39, 0.29) is 11.3 Å². The molecule has 0 unspecified atom stereocenters. The quantitative estimate of drug-likeness (QED) is 0.463. The molecule has 8 heteroatoms. The van der Waals surface area contributed by atoms with E-state index in [2.05, 4.69) is 5.32 Å². The van der Waals surface area contributed by atoms with Gasteiger partial charge in [-0.05, 0) is 44.2 Å². The number of rotatable bonds is 7. The van der Waals surface area contributed by atoms with E-state index in [4.69, 9.17) is 9.47 Å². The molecule has 1 atom stereocenters. The normalized spacial score (nSPS) is 11.3. The first kappa shape index (κ1) is 18.9. The number of nitro groups is 1. The molecule has 2 rings (SSSR count). The Morgan fingerprint density at radius 1 is 1.15 bits per heavy atom. The number of nitrogens with one attached hydrogen (secondary N) is 1. The monoisotopic (exact) mass is 358 g/mol. The Labute approximate surface area is 149 Å². The summed E-state index contributed by atoms with van der Waals surface area (Å²) in [5, 5.41) is 13.6. The molecule has 0 bridgehead atoms. The van der Waals surface area contributed by atoms with E-state index in [0.717, 1.165) is 0 Å². The zero-order valence-electron chi connectivity index (χ0n) is 14.3. The predicted molar refractivity (Wildman–Crippen MR) is 94.2 cm³/mol. The fourth-order valence-corrected chi connectivity index (χ4v) is 2.13. The number of nitro benzene ring substituents is 1. The number of carbonyl (C=O) groups is 2. The van der Waals surface area contributed by atoms with Gasteiger partial charge in [-0.15, -0.1) is 0 Å². The van der Waals surface area contributed by atoms with Crippen molar-refractivity contribution in [2.75, 3.05) is 11.9 Å². The van der Waals surface area contributed by atoms with Crippen LogP contribution in [0.4, 0.5) is 11.4 Å². The molecule has 136 valence electrons. The summed E-state index contributed by atoms with van der Waals surface area (Å²) < 4.78 is 10.4. The summed E-state index contributed by atoms with van der Waals surface area (Å²) >= 11 is 0. The highest BCUT2D eigenvalue weighted by Gasteiger charge is 2.24. The first-order valence-corrected chi connectivity index (χ1v) is 7.90. The Morgan fingerprint density at radius 3 is 2.42 bits per heavy atom. The number of para-hydroxylation sites is 1. The molecule has 1 amide bonds. The van der Waals surface area contributed by atoms with Crippen molar-refractivity contribution in [3.05, 3.63) is 64.2 Å². The molecule has 1 N–H and O–H groups in total. The Morgan fingerprint density at radius 2 is 1.81 bits per heavy atom. The highest BCUT2D eigenvalue weighted by molar-refractivity contribution is 5.98. The van der Waals surface area contributed by atoms with Crippen LogP contribution in [0.15, 0.2) is 48.5 Å². The molecule has 26 heavy (non-hydrogen) atoms.